The third-order valence-corrected chi connectivity index (χ3v) is 2.37. The molecule has 0 bridgehead atoms. The molecule has 78 valence electrons. The first-order chi connectivity index (χ1) is 7.24. The van der Waals surface area contributed by atoms with Crippen LogP contribution in [0.2, 0.25) is 5.02 Å². The standard InChI is InChI=1S/C11H10ClNO2/c1-14-8-4-10-9(11(5-8)15-2)3-7(12)6-13-10/h3-6H,1-2H3. The van der Waals surface area contributed by atoms with Gasteiger partial charge in [-0.15, -0.1) is 0 Å². The van der Waals surface area contributed by atoms with Crippen LogP contribution in [-0.4, -0.2) is 19.2 Å². The molecule has 3 nitrogen and oxygen atoms in total. The minimum absolute atomic E-state index is 0.589. The Bertz CT molecular complexity index is 499. The number of halogens is 1. The molecule has 0 amide bonds. The van der Waals surface area contributed by atoms with Crippen molar-refractivity contribution in [2.24, 2.45) is 0 Å². The minimum atomic E-state index is 0.589. The molecule has 0 atom stereocenters. The molecule has 15 heavy (non-hydrogen) atoms. The third kappa shape index (κ3) is 1.83. The molecule has 0 saturated heterocycles. The zero-order valence-electron chi connectivity index (χ0n) is 8.45. The molecule has 2 aromatic rings. The molecule has 0 aliphatic heterocycles. The molecule has 0 N–H and O–H groups in total. The molecule has 4 heteroatoms. The fourth-order valence-electron chi connectivity index (χ4n) is 1.43. The average molecular weight is 224 g/mol. The van der Waals surface area contributed by atoms with Crippen molar-refractivity contribution in [3.8, 4) is 11.5 Å². The highest BCUT2D eigenvalue weighted by Crippen LogP contribution is 2.31. The van der Waals surface area contributed by atoms with Crippen molar-refractivity contribution in [3.05, 3.63) is 29.4 Å². The van der Waals surface area contributed by atoms with Crippen LogP contribution in [0.25, 0.3) is 10.9 Å². The van der Waals surface area contributed by atoms with Gasteiger partial charge in [0.05, 0.1) is 24.8 Å². The summed E-state index contributed by atoms with van der Waals surface area (Å²) < 4.78 is 10.4. The zero-order valence-corrected chi connectivity index (χ0v) is 9.21. The first-order valence-electron chi connectivity index (χ1n) is 4.42. The molecule has 1 aromatic carbocycles. The molecule has 0 aliphatic rings. The molecule has 1 aromatic heterocycles. The van der Waals surface area contributed by atoms with Crippen molar-refractivity contribution in [1.82, 2.24) is 4.98 Å². The number of hydrogen-bond donors (Lipinski definition) is 0. The number of benzene rings is 1. The van der Waals surface area contributed by atoms with Crippen LogP contribution in [0.3, 0.4) is 0 Å². The Morgan fingerprint density at radius 3 is 2.60 bits per heavy atom. The van der Waals surface area contributed by atoms with Crippen LogP contribution in [0.4, 0.5) is 0 Å². The molecule has 2 rings (SSSR count). The summed E-state index contributed by atoms with van der Waals surface area (Å²) in [5.74, 6) is 1.42. The number of nitrogens with zero attached hydrogens (tertiary/aromatic N) is 1. The number of hydrogen-bond acceptors (Lipinski definition) is 3. The lowest BCUT2D eigenvalue weighted by Gasteiger charge is -2.07. The number of aromatic nitrogens is 1. The van der Waals surface area contributed by atoms with E-state index in [0.717, 1.165) is 10.9 Å². The summed E-state index contributed by atoms with van der Waals surface area (Å²) in [6.45, 7) is 0. The topological polar surface area (TPSA) is 31.4 Å². The average Bonchev–Trinajstić information content (AvgIpc) is 2.27. The molecule has 0 aliphatic carbocycles. The lowest BCUT2D eigenvalue weighted by Crippen LogP contribution is -1.90. The van der Waals surface area contributed by atoms with Gasteiger partial charge in [-0.05, 0) is 6.07 Å². The van der Waals surface area contributed by atoms with Gasteiger partial charge in [-0.2, -0.15) is 0 Å². The minimum Gasteiger partial charge on any atom is -0.497 e. The van der Waals surface area contributed by atoms with Crippen LogP contribution in [0.5, 0.6) is 11.5 Å². The highest BCUT2D eigenvalue weighted by atomic mass is 35.5. The Morgan fingerprint density at radius 2 is 1.93 bits per heavy atom. The maximum Gasteiger partial charge on any atom is 0.132 e. The summed E-state index contributed by atoms with van der Waals surface area (Å²) in [7, 11) is 3.21. The van der Waals surface area contributed by atoms with E-state index in [1.54, 1.807) is 26.5 Å². The van der Waals surface area contributed by atoms with Crippen molar-refractivity contribution in [2.45, 2.75) is 0 Å². The molecule has 0 radical (unpaired) electrons. The molecular formula is C11H10ClNO2. The van der Waals surface area contributed by atoms with Gasteiger partial charge in [0.1, 0.15) is 11.5 Å². The number of methoxy groups -OCH3 is 2. The van der Waals surface area contributed by atoms with Crippen LogP contribution < -0.4 is 9.47 Å². The Morgan fingerprint density at radius 1 is 1.13 bits per heavy atom. The summed E-state index contributed by atoms with van der Waals surface area (Å²) in [4.78, 5) is 4.21. The summed E-state index contributed by atoms with van der Waals surface area (Å²) in [5.41, 5.74) is 0.801. The number of ether oxygens (including phenoxy) is 2. The first-order valence-corrected chi connectivity index (χ1v) is 4.79. The Balaban J connectivity index is 2.75. The van der Waals surface area contributed by atoms with Gasteiger partial charge >= 0.3 is 0 Å². The van der Waals surface area contributed by atoms with E-state index in [2.05, 4.69) is 4.98 Å². The Hall–Kier alpha value is -1.48. The smallest absolute Gasteiger partial charge is 0.132 e. The maximum absolute atomic E-state index is 5.87. The summed E-state index contributed by atoms with van der Waals surface area (Å²) >= 11 is 5.87. The molecule has 0 unspecified atom stereocenters. The fraction of sp³-hybridized carbons (Fsp3) is 0.182. The zero-order chi connectivity index (χ0) is 10.8. The number of pyridine rings is 1. The Labute approximate surface area is 92.6 Å². The monoisotopic (exact) mass is 223 g/mol. The Kier molecular flexibility index (Phi) is 2.64. The SMILES string of the molecule is COc1cc(OC)c2cc(Cl)cnc2c1. The van der Waals surface area contributed by atoms with E-state index in [9.17, 15) is 0 Å². The van der Waals surface area contributed by atoms with Gasteiger partial charge in [-0.25, -0.2) is 0 Å². The first kappa shape index (κ1) is 10.1. The summed E-state index contributed by atoms with van der Waals surface area (Å²) in [6.07, 6.45) is 1.60. The normalized spacial score (nSPS) is 10.3. The summed E-state index contributed by atoms with van der Waals surface area (Å²) in [6, 6.07) is 5.47. The largest absolute Gasteiger partial charge is 0.497 e. The summed E-state index contributed by atoms with van der Waals surface area (Å²) in [5, 5.41) is 1.47. The highest BCUT2D eigenvalue weighted by Gasteiger charge is 2.06. The molecule has 1 heterocycles. The molecule has 0 saturated carbocycles. The number of fused-ring (bicyclic) bond motifs is 1. The van der Waals surface area contributed by atoms with E-state index in [1.165, 1.54) is 0 Å². The van der Waals surface area contributed by atoms with E-state index in [-0.39, 0.29) is 0 Å². The van der Waals surface area contributed by atoms with Gasteiger partial charge in [-0.3, -0.25) is 4.98 Å². The second-order valence-electron chi connectivity index (χ2n) is 3.05. The van der Waals surface area contributed by atoms with Crippen LogP contribution in [0, 0.1) is 0 Å². The van der Waals surface area contributed by atoms with Gasteiger partial charge in [0, 0.05) is 23.7 Å². The van der Waals surface area contributed by atoms with Crippen molar-refractivity contribution in [1.29, 1.82) is 0 Å². The highest BCUT2D eigenvalue weighted by molar-refractivity contribution is 6.31. The van der Waals surface area contributed by atoms with E-state index in [4.69, 9.17) is 21.1 Å². The lowest BCUT2D eigenvalue weighted by atomic mass is 10.2. The van der Waals surface area contributed by atoms with Gasteiger partial charge in [0.2, 0.25) is 0 Å². The van der Waals surface area contributed by atoms with Gasteiger partial charge in [0.25, 0.3) is 0 Å². The van der Waals surface area contributed by atoms with Gasteiger partial charge < -0.3 is 9.47 Å². The predicted octanol–water partition coefficient (Wildman–Crippen LogP) is 2.91. The molecular weight excluding hydrogens is 214 g/mol. The van der Waals surface area contributed by atoms with Gasteiger partial charge in [-0.1, -0.05) is 11.6 Å². The third-order valence-electron chi connectivity index (χ3n) is 2.16. The van der Waals surface area contributed by atoms with Crippen LogP contribution in [-0.2, 0) is 0 Å². The van der Waals surface area contributed by atoms with Crippen molar-refractivity contribution >= 4 is 22.5 Å². The van der Waals surface area contributed by atoms with E-state index >= 15 is 0 Å². The van der Waals surface area contributed by atoms with Crippen LogP contribution in [0.1, 0.15) is 0 Å². The molecule has 0 spiro atoms. The van der Waals surface area contributed by atoms with E-state index in [1.807, 2.05) is 12.1 Å². The molecule has 0 fully saturated rings. The van der Waals surface area contributed by atoms with E-state index < -0.39 is 0 Å². The van der Waals surface area contributed by atoms with Crippen molar-refractivity contribution in [3.63, 3.8) is 0 Å². The van der Waals surface area contributed by atoms with Crippen molar-refractivity contribution < 1.29 is 9.47 Å². The van der Waals surface area contributed by atoms with Crippen LogP contribution in [0.15, 0.2) is 24.4 Å². The predicted molar refractivity (Wildman–Crippen MR) is 59.9 cm³/mol. The van der Waals surface area contributed by atoms with E-state index in [0.29, 0.717) is 16.5 Å². The second kappa shape index (κ2) is 3.95. The quantitative estimate of drug-likeness (QED) is 0.785. The fourth-order valence-corrected chi connectivity index (χ4v) is 1.59. The van der Waals surface area contributed by atoms with Gasteiger partial charge in [0.15, 0.2) is 0 Å². The second-order valence-corrected chi connectivity index (χ2v) is 3.49. The lowest BCUT2D eigenvalue weighted by molar-refractivity contribution is 0.398. The maximum atomic E-state index is 5.87. The number of rotatable bonds is 2. The van der Waals surface area contributed by atoms with Crippen LogP contribution >= 0.6 is 11.6 Å². The van der Waals surface area contributed by atoms with Crippen molar-refractivity contribution in [2.75, 3.05) is 14.2 Å².